The summed E-state index contributed by atoms with van der Waals surface area (Å²) in [4.78, 5) is 14.6. The highest BCUT2D eigenvalue weighted by molar-refractivity contribution is 6.34. The smallest absolute Gasteiger partial charge is 0.354 e. The van der Waals surface area contributed by atoms with Gasteiger partial charge in [-0.05, 0) is 30.7 Å². The number of aromatic nitrogens is 1. The van der Waals surface area contributed by atoms with Crippen LogP contribution in [0.4, 0.5) is 11.4 Å². The fraction of sp³-hybridized carbons (Fsp3) is 0.0769. The van der Waals surface area contributed by atoms with Gasteiger partial charge in [-0.1, -0.05) is 23.7 Å². The zero-order chi connectivity index (χ0) is 13.1. The number of aryl methyl sites for hydroxylation is 1. The van der Waals surface area contributed by atoms with E-state index < -0.39 is 5.97 Å². The lowest BCUT2D eigenvalue weighted by Crippen LogP contribution is -2.01. The van der Waals surface area contributed by atoms with Gasteiger partial charge in [0.2, 0.25) is 0 Å². The second-order valence-electron chi connectivity index (χ2n) is 3.80. The molecule has 0 bridgehead atoms. The van der Waals surface area contributed by atoms with Crippen molar-refractivity contribution in [2.75, 3.05) is 5.32 Å². The molecule has 2 aromatic rings. The third kappa shape index (κ3) is 2.60. The SMILES string of the molecule is Cc1cccc(Nc2ccnc(C(=O)O)c2)c1Cl. The molecular weight excluding hydrogens is 252 g/mol. The zero-order valence-corrected chi connectivity index (χ0v) is 10.4. The fourth-order valence-electron chi connectivity index (χ4n) is 1.52. The minimum Gasteiger partial charge on any atom is -0.477 e. The third-order valence-corrected chi connectivity index (χ3v) is 2.95. The Kier molecular flexibility index (Phi) is 3.48. The standard InChI is InChI=1S/C13H11ClN2O2/c1-8-3-2-4-10(12(8)14)16-9-5-6-15-11(7-9)13(17)18/h2-7H,1H3,(H,15,16)(H,17,18). The second kappa shape index (κ2) is 5.06. The molecule has 0 aliphatic rings. The van der Waals surface area contributed by atoms with E-state index in [-0.39, 0.29) is 5.69 Å². The maximum absolute atomic E-state index is 10.8. The van der Waals surface area contributed by atoms with E-state index in [0.717, 1.165) is 11.3 Å². The van der Waals surface area contributed by atoms with Crippen LogP contribution in [-0.4, -0.2) is 16.1 Å². The molecule has 1 aromatic heterocycles. The van der Waals surface area contributed by atoms with Gasteiger partial charge in [0.05, 0.1) is 10.7 Å². The van der Waals surface area contributed by atoms with Gasteiger partial charge in [-0.3, -0.25) is 0 Å². The van der Waals surface area contributed by atoms with E-state index in [0.29, 0.717) is 10.7 Å². The predicted molar refractivity (Wildman–Crippen MR) is 70.7 cm³/mol. The van der Waals surface area contributed by atoms with Crippen molar-refractivity contribution in [1.82, 2.24) is 4.98 Å². The molecule has 2 rings (SSSR count). The summed E-state index contributed by atoms with van der Waals surface area (Å²) < 4.78 is 0. The molecule has 0 atom stereocenters. The number of carbonyl (C=O) groups is 1. The number of hydrogen-bond acceptors (Lipinski definition) is 3. The minimum atomic E-state index is -1.06. The largest absolute Gasteiger partial charge is 0.477 e. The van der Waals surface area contributed by atoms with Gasteiger partial charge in [0.1, 0.15) is 5.69 Å². The van der Waals surface area contributed by atoms with Gasteiger partial charge in [0.25, 0.3) is 0 Å². The fourth-order valence-corrected chi connectivity index (χ4v) is 1.70. The summed E-state index contributed by atoms with van der Waals surface area (Å²) >= 11 is 6.15. The zero-order valence-electron chi connectivity index (χ0n) is 9.64. The first-order chi connectivity index (χ1) is 8.58. The van der Waals surface area contributed by atoms with Gasteiger partial charge in [-0.15, -0.1) is 0 Å². The molecule has 0 aliphatic carbocycles. The maximum Gasteiger partial charge on any atom is 0.354 e. The Morgan fingerprint density at radius 1 is 1.39 bits per heavy atom. The van der Waals surface area contributed by atoms with Gasteiger partial charge >= 0.3 is 5.97 Å². The predicted octanol–water partition coefficient (Wildman–Crippen LogP) is 3.49. The average Bonchev–Trinajstić information content (AvgIpc) is 2.35. The molecule has 18 heavy (non-hydrogen) atoms. The van der Waals surface area contributed by atoms with Gasteiger partial charge < -0.3 is 10.4 Å². The second-order valence-corrected chi connectivity index (χ2v) is 4.17. The number of anilines is 2. The number of benzene rings is 1. The molecule has 92 valence electrons. The number of halogens is 1. The van der Waals surface area contributed by atoms with Crippen molar-refractivity contribution < 1.29 is 9.90 Å². The van der Waals surface area contributed by atoms with E-state index in [1.165, 1.54) is 12.3 Å². The summed E-state index contributed by atoms with van der Waals surface area (Å²) in [5.74, 6) is -1.06. The number of nitrogens with zero attached hydrogens (tertiary/aromatic N) is 1. The molecule has 0 radical (unpaired) electrons. The van der Waals surface area contributed by atoms with Crippen LogP contribution < -0.4 is 5.32 Å². The lowest BCUT2D eigenvalue weighted by Gasteiger charge is -2.10. The van der Waals surface area contributed by atoms with Gasteiger partial charge in [-0.2, -0.15) is 0 Å². The molecule has 1 heterocycles. The van der Waals surface area contributed by atoms with Crippen molar-refractivity contribution >= 4 is 28.9 Å². The third-order valence-electron chi connectivity index (χ3n) is 2.45. The lowest BCUT2D eigenvalue weighted by molar-refractivity contribution is 0.0690. The Morgan fingerprint density at radius 2 is 2.17 bits per heavy atom. The van der Waals surface area contributed by atoms with Crippen molar-refractivity contribution in [3.8, 4) is 0 Å². The van der Waals surface area contributed by atoms with E-state index >= 15 is 0 Å². The summed E-state index contributed by atoms with van der Waals surface area (Å²) in [5, 5.41) is 12.5. The molecule has 0 saturated carbocycles. The molecule has 2 N–H and O–H groups in total. The molecule has 0 fully saturated rings. The Hall–Kier alpha value is -2.07. The number of aromatic carboxylic acids is 1. The van der Waals surface area contributed by atoms with Crippen LogP contribution in [0.25, 0.3) is 0 Å². The number of carboxylic acids is 1. The maximum atomic E-state index is 10.8. The number of rotatable bonds is 3. The molecule has 0 aliphatic heterocycles. The first-order valence-electron chi connectivity index (χ1n) is 5.29. The van der Waals surface area contributed by atoms with Gasteiger partial charge in [0.15, 0.2) is 0 Å². The van der Waals surface area contributed by atoms with Crippen molar-refractivity contribution in [2.45, 2.75) is 6.92 Å². The van der Waals surface area contributed by atoms with E-state index in [4.69, 9.17) is 16.7 Å². The van der Waals surface area contributed by atoms with Crippen molar-refractivity contribution in [2.24, 2.45) is 0 Å². The van der Waals surface area contributed by atoms with E-state index in [2.05, 4.69) is 10.3 Å². The molecule has 5 heteroatoms. The summed E-state index contributed by atoms with van der Waals surface area (Å²) in [5.41, 5.74) is 2.31. The molecular formula is C13H11ClN2O2. The quantitative estimate of drug-likeness (QED) is 0.889. The number of nitrogens with one attached hydrogen (secondary N) is 1. The average molecular weight is 263 g/mol. The Morgan fingerprint density at radius 3 is 2.89 bits per heavy atom. The van der Waals surface area contributed by atoms with E-state index in [1.54, 1.807) is 6.07 Å². The van der Waals surface area contributed by atoms with Crippen LogP contribution in [0.15, 0.2) is 36.5 Å². The normalized spacial score (nSPS) is 10.1. The Bertz CT molecular complexity index is 599. The van der Waals surface area contributed by atoms with Crippen LogP contribution in [0.2, 0.25) is 5.02 Å². The first kappa shape index (κ1) is 12.4. The number of hydrogen-bond donors (Lipinski definition) is 2. The molecule has 4 nitrogen and oxygen atoms in total. The Balaban J connectivity index is 2.31. The number of pyridine rings is 1. The first-order valence-corrected chi connectivity index (χ1v) is 5.67. The van der Waals surface area contributed by atoms with Crippen LogP contribution in [0.3, 0.4) is 0 Å². The van der Waals surface area contributed by atoms with Crippen LogP contribution in [-0.2, 0) is 0 Å². The highest BCUT2D eigenvalue weighted by Gasteiger charge is 2.07. The summed E-state index contributed by atoms with van der Waals surface area (Å²) in [6.45, 7) is 1.91. The van der Waals surface area contributed by atoms with Crippen molar-refractivity contribution in [3.63, 3.8) is 0 Å². The van der Waals surface area contributed by atoms with Crippen LogP contribution >= 0.6 is 11.6 Å². The summed E-state index contributed by atoms with van der Waals surface area (Å²) in [6, 6.07) is 8.76. The van der Waals surface area contributed by atoms with Crippen LogP contribution in [0.1, 0.15) is 16.1 Å². The molecule has 0 spiro atoms. The van der Waals surface area contributed by atoms with E-state index in [1.807, 2.05) is 25.1 Å². The Labute approximate surface area is 109 Å². The highest BCUT2D eigenvalue weighted by atomic mass is 35.5. The molecule has 0 saturated heterocycles. The van der Waals surface area contributed by atoms with Crippen LogP contribution in [0.5, 0.6) is 0 Å². The van der Waals surface area contributed by atoms with E-state index in [9.17, 15) is 4.79 Å². The van der Waals surface area contributed by atoms with Crippen LogP contribution in [0, 0.1) is 6.92 Å². The van der Waals surface area contributed by atoms with Crippen molar-refractivity contribution in [3.05, 3.63) is 52.8 Å². The summed E-state index contributed by atoms with van der Waals surface area (Å²) in [7, 11) is 0. The number of carboxylic acid groups (broad SMARTS) is 1. The topological polar surface area (TPSA) is 62.2 Å². The van der Waals surface area contributed by atoms with Crippen molar-refractivity contribution in [1.29, 1.82) is 0 Å². The summed E-state index contributed by atoms with van der Waals surface area (Å²) in [6.07, 6.45) is 1.44. The minimum absolute atomic E-state index is 0.0104. The molecule has 1 aromatic carbocycles. The van der Waals surface area contributed by atoms with Gasteiger partial charge in [-0.25, -0.2) is 9.78 Å². The highest BCUT2D eigenvalue weighted by Crippen LogP contribution is 2.28. The molecule has 0 amide bonds. The lowest BCUT2D eigenvalue weighted by atomic mass is 10.2. The van der Waals surface area contributed by atoms with Gasteiger partial charge in [0, 0.05) is 11.9 Å². The monoisotopic (exact) mass is 262 g/mol. The molecule has 0 unspecified atom stereocenters.